The topological polar surface area (TPSA) is 25.8 Å². The lowest BCUT2D eigenvalue weighted by molar-refractivity contribution is 1.20. The highest BCUT2D eigenvalue weighted by Gasteiger charge is 2.06. The van der Waals surface area contributed by atoms with Crippen LogP contribution in [0, 0.1) is 13.8 Å². The van der Waals surface area contributed by atoms with Crippen molar-refractivity contribution in [2.45, 2.75) is 13.8 Å². The van der Waals surface area contributed by atoms with Crippen molar-refractivity contribution in [3.63, 3.8) is 0 Å². The first-order valence-electron chi connectivity index (χ1n) is 6.70. The van der Waals surface area contributed by atoms with E-state index in [0.29, 0.717) is 0 Å². The summed E-state index contributed by atoms with van der Waals surface area (Å²) in [5.74, 6) is 0. The first-order valence-corrected chi connectivity index (χ1v) is 6.70. The summed E-state index contributed by atoms with van der Waals surface area (Å²) in [7, 11) is 0. The Morgan fingerprint density at radius 3 is 1.60 bits per heavy atom. The third-order valence-corrected chi connectivity index (χ3v) is 3.50. The summed E-state index contributed by atoms with van der Waals surface area (Å²) < 4.78 is 0. The van der Waals surface area contributed by atoms with E-state index in [1.54, 1.807) is 0 Å². The van der Waals surface area contributed by atoms with Crippen molar-refractivity contribution >= 4 is 0 Å². The summed E-state index contributed by atoms with van der Waals surface area (Å²) in [6.07, 6.45) is 3.65. The van der Waals surface area contributed by atoms with E-state index in [9.17, 15) is 0 Å². The smallest absolute Gasteiger partial charge is 0.0450 e. The number of aryl methyl sites for hydroxylation is 2. The number of pyridine rings is 2. The van der Waals surface area contributed by atoms with Crippen LogP contribution in [0.3, 0.4) is 0 Å². The van der Waals surface area contributed by atoms with Crippen LogP contribution in [-0.4, -0.2) is 9.97 Å². The number of rotatable bonds is 2. The predicted octanol–water partition coefficient (Wildman–Crippen LogP) is 4.43. The van der Waals surface area contributed by atoms with Gasteiger partial charge < -0.3 is 0 Å². The molecule has 0 N–H and O–H groups in total. The van der Waals surface area contributed by atoms with E-state index in [1.807, 2.05) is 38.4 Å². The molecule has 98 valence electrons. The Kier molecular flexibility index (Phi) is 3.30. The molecule has 0 aliphatic heterocycles. The van der Waals surface area contributed by atoms with Crippen molar-refractivity contribution in [2.24, 2.45) is 0 Å². The summed E-state index contributed by atoms with van der Waals surface area (Å²) >= 11 is 0. The second kappa shape index (κ2) is 5.25. The van der Waals surface area contributed by atoms with Gasteiger partial charge in [0.25, 0.3) is 0 Å². The monoisotopic (exact) mass is 260 g/mol. The van der Waals surface area contributed by atoms with E-state index in [1.165, 1.54) is 22.3 Å². The van der Waals surface area contributed by atoms with Crippen LogP contribution < -0.4 is 0 Å². The third kappa shape index (κ3) is 2.32. The Hall–Kier alpha value is -2.48. The zero-order valence-electron chi connectivity index (χ0n) is 11.7. The molecular formula is C18H16N2. The molecule has 0 saturated heterocycles. The van der Waals surface area contributed by atoms with Gasteiger partial charge in [0.2, 0.25) is 0 Å². The number of hydrogen-bond donors (Lipinski definition) is 0. The molecule has 3 aromatic rings. The van der Waals surface area contributed by atoms with Gasteiger partial charge in [-0.1, -0.05) is 30.3 Å². The normalized spacial score (nSPS) is 10.5. The lowest BCUT2D eigenvalue weighted by Crippen LogP contribution is -1.89. The first-order chi connectivity index (χ1) is 9.75. The zero-order chi connectivity index (χ0) is 13.9. The molecule has 0 aliphatic rings. The van der Waals surface area contributed by atoms with E-state index in [0.717, 1.165) is 11.4 Å². The van der Waals surface area contributed by atoms with Crippen molar-refractivity contribution in [3.8, 4) is 22.3 Å². The Bertz CT molecular complexity index is 687. The van der Waals surface area contributed by atoms with Gasteiger partial charge in [0, 0.05) is 34.9 Å². The Morgan fingerprint density at radius 1 is 0.650 bits per heavy atom. The highest BCUT2D eigenvalue weighted by atomic mass is 14.7. The van der Waals surface area contributed by atoms with Gasteiger partial charge in [0.05, 0.1) is 0 Å². The van der Waals surface area contributed by atoms with E-state index < -0.39 is 0 Å². The maximum atomic E-state index is 4.36. The molecule has 0 spiro atoms. The van der Waals surface area contributed by atoms with Gasteiger partial charge in [-0.3, -0.25) is 9.97 Å². The first kappa shape index (κ1) is 12.5. The summed E-state index contributed by atoms with van der Waals surface area (Å²) in [5.41, 5.74) is 6.83. The summed E-state index contributed by atoms with van der Waals surface area (Å²) in [6, 6.07) is 16.7. The maximum Gasteiger partial charge on any atom is 0.0450 e. The third-order valence-electron chi connectivity index (χ3n) is 3.50. The molecule has 2 nitrogen and oxygen atoms in total. The van der Waals surface area contributed by atoms with Crippen LogP contribution in [0.1, 0.15) is 11.4 Å². The quantitative estimate of drug-likeness (QED) is 0.681. The fraction of sp³-hybridized carbons (Fsp3) is 0.111. The molecule has 2 aromatic heterocycles. The number of hydrogen-bond acceptors (Lipinski definition) is 2. The molecule has 0 saturated carbocycles. The van der Waals surface area contributed by atoms with Crippen LogP contribution in [0.2, 0.25) is 0 Å². The molecule has 0 aliphatic carbocycles. The van der Waals surface area contributed by atoms with Gasteiger partial charge >= 0.3 is 0 Å². The maximum absolute atomic E-state index is 4.36. The lowest BCUT2D eigenvalue weighted by atomic mass is 9.98. The number of nitrogens with zero attached hydrogens (tertiary/aromatic N) is 2. The van der Waals surface area contributed by atoms with Crippen LogP contribution >= 0.6 is 0 Å². The molecule has 3 rings (SSSR count). The van der Waals surface area contributed by atoms with Crippen molar-refractivity contribution in [1.82, 2.24) is 9.97 Å². The highest BCUT2D eigenvalue weighted by Crippen LogP contribution is 2.28. The van der Waals surface area contributed by atoms with Gasteiger partial charge in [0.15, 0.2) is 0 Å². The minimum absolute atomic E-state index is 1.05. The molecule has 20 heavy (non-hydrogen) atoms. The average molecular weight is 260 g/mol. The minimum Gasteiger partial charge on any atom is -0.261 e. The fourth-order valence-electron chi connectivity index (χ4n) is 2.43. The Labute approximate surface area is 119 Å². The van der Waals surface area contributed by atoms with Gasteiger partial charge in [0.1, 0.15) is 0 Å². The van der Waals surface area contributed by atoms with Gasteiger partial charge in [-0.15, -0.1) is 0 Å². The molecule has 0 amide bonds. The van der Waals surface area contributed by atoms with Crippen LogP contribution in [0.25, 0.3) is 22.3 Å². The highest BCUT2D eigenvalue weighted by molar-refractivity contribution is 5.74. The lowest BCUT2D eigenvalue weighted by Gasteiger charge is -2.09. The molecule has 0 radical (unpaired) electrons. The standard InChI is InChI=1S/C18H16N2/c1-13-17(8-4-10-19-13)15-6-3-7-16(12-15)18-9-5-11-20-14(18)2/h3-12H,1-2H3. The van der Waals surface area contributed by atoms with Crippen molar-refractivity contribution in [1.29, 1.82) is 0 Å². The molecule has 2 heteroatoms. The largest absolute Gasteiger partial charge is 0.261 e. The summed E-state index contributed by atoms with van der Waals surface area (Å²) in [4.78, 5) is 8.73. The van der Waals surface area contributed by atoms with Crippen LogP contribution in [-0.2, 0) is 0 Å². The fourth-order valence-corrected chi connectivity index (χ4v) is 2.43. The van der Waals surface area contributed by atoms with E-state index in [2.05, 4.69) is 46.4 Å². The van der Waals surface area contributed by atoms with Crippen molar-refractivity contribution in [3.05, 3.63) is 72.3 Å². The van der Waals surface area contributed by atoms with Gasteiger partial charge in [-0.05, 0) is 43.2 Å². The van der Waals surface area contributed by atoms with Crippen LogP contribution in [0.4, 0.5) is 0 Å². The second-order valence-electron chi connectivity index (χ2n) is 4.85. The summed E-state index contributed by atoms with van der Waals surface area (Å²) in [5, 5.41) is 0. The molecular weight excluding hydrogens is 244 g/mol. The van der Waals surface area contributed by atoms with Crippen LogP contribution in [0.5, 0.6) is 0 Å². The van der Waals surface area contributed by atoms with Crippen molar-refractivity contribution < 1.29 is 0 Å². The average Bonchev–Trinajstić information content (AvgIpc) is 2.48. The second-order valence-corrected chi connectivity index (χ2v) is 4.85. The van der Waals surface area contributed by atoms with Gasteiger partial charge in [-0.25, -0.2) is 0 Å². The molecule has 0 atom stereocenters. The number of benzene rings is 1. The van der Waals surface area contributed by atoms with E-state index in [4.69, 9.17) is 0 Å². The molecule has 0 bridgehead atoms. The molecule has 0 fully saturated rings. The molecule has 2 heterocycles. The summed E-state index contributed by atoms with van der Waals surface area (Å²) in [6.45, 7) is 4.08. The number of aromatic nitrogens is 2. The molecule has 0 unspecified atom stereocenters. The van der Waals surface area contributed by atoms with E-state index in [-0.39, 0.29) is 0 Å². The zero-order valence-corrected chi connectivity index (χ0v) is 11.7. The van der Waals surface area contributed by atoms with Crippen molar-refractivity contribution in [2.75, 3.05) is 0 Å². The SMILES string of the molecule is Cc1ncccc1-c1cccc(-c2cccnc2C)c1. The Balaban J connectivity index is 2.12. The predicted molar refractivity (Wildman–Crippen MR) is 82.4 cm³/mol. The van der Waals surface area contributed by atoms with E-state index >= 15 is 0 Å². The van der Waals surface area contributed by atoms with Crippen LogP contribution in [0.15, 0.2) is 60.9 Å². The van der Waals surface area contributed by atoms with Gasteiger partial charge in [-0.2, -0.15) is 0 Å². The Morgan fingerprint density at radius 2 is 1.15 bits per heavy atom. The minimum atomic E-state index is 1.05. The molecule has 1 aromatic carbocycles.